The molecule has 0 saturated carbocycles. The van der Waals surface area contributed by atoms with Crippen LogP contribution in [0.4, 0.5) is 5.69 Å². The molecule has 4 rings (SSSR count). The van der Waals surface area contributed by atoms with Crippen LogP contribution in [0.5, 0.6) is 0 Å². The average Bonchev–Trinajstić information content (AvgIpc) is 3.50. The number of fused-ring (bicyclic) bond motifs is 1. The molecule has 0 spiro atoms. The Labute approximate surface area is 200 Å². The lowest BCUT2D eigenvalue weighted by Crippen LogP contribution is -2.31. The molecule has 0 N–H and O–H groups in total. The van der Waals surface area contributed by atoms with Gasteiger partial charge in [0.05, 0.1) is 17.9 Å². The molecular weight excluding hydrogens is 430 g/mol. The predicted octanol–water partition coefficient (Wildman–Crippen LogP) is 3.53. The van der Waals surface area contributed by atoms with Crippen LogP contribution in [0.1, 0.15) is 28.2 Å². The summed E-state index contributed by atoms with van der Waals surface area (Å²) in [7, 11) is 7.46. The maximum Gasteiger partial charge on any atom is 0.309 e. The van der Waals surface area contributed by atoms with Crippen LogP contribution in [0.25, 0.3) is 22.2 Å². The molecule has 0 aliphatic carbocycles. The minimum Gasteiger partial charge on any atom is -0.430 e. The first-order valence-electron chi connectivity index (χ1n) is 11.5. The fourth-order valence-corrected chi connectivity index (χ4v) is 4.59. The number of likely N-dealkylation sites (N-methyl/N-ethyl adjacent to an activating group) is 2. The number of ether oxygens (including phenoxy) is 1. The van der Waals surface area contributed by atoms with Gasteiger partial charge in [-0.1, -0.05) is 30.3 Å². The normalized spacial score (nSPS) is 15.8. The van der Waals surface area contributed by atoms with Crippen LogP contribution < -0.4 is 4.90 Å². The van der Waals surface area contributed by atoms with Gasteiger partial charge >= 0.3 is 5.91 Å². The van der Waals surface area contributed by atoms with E-state index in [1.165, 1.54) is 4.90 Å². The number of carbonyl (C=O) groups excluding carboxylic acids is 1. The zero-order valence-corrected chi connectivity index (χ0v) is 20.5. The zero-order chi connectivity index (χ0) is 24.4. The van der Waals surface area contributed by atoms with Crippen LogP contribution in [0.3, 0.4) is 0 Å². The number of hydrogen-bond acceptors (Lipinski definition) is 7. The van der Waals surface area contributed by atoms with Gasteiger partial charge in [-0.3, -0.25) is 4.79 Å². The van der Waals surface area contributed by atoms with Crippen LogP contribution in [0.2, 0.25) is 0 Å². The summed E-state index contributed by atoms with van der Waals surface area (Å²) in [6.45, 7) is 4.45. The third kappa shape index (κ3) is 4.25. The van der Waals surface area contributed by atoms with E-state index in [-0.39, 0.29) is 11.8 Å². The van der Waals surface area contributed by atoms with Crippen molar-refractivity contribution < 1.29 is 13.9 Å². The van der Waals surface area contributed by atoms with Crippen LogP contribution in [-0.2, 0) is 4.74 Å². The average molecular weight is 462 g/mol. The third-order valence-electron chi connectivity index (χ3n) is 6.61. The van der Waals surface area contributed by atoms with Gasteiger partial charge in [-0.15, -0.1) is 0 Å². The maximum atomic E-state index is 13.0. The Morgan fingerprint density at radius 1 is 1.29 bits per heavy atom. The second-order valence-electron chi connectivity index (χ2n) is 8.97. The van der Waals surface area contributed by atoms with Crippen molar-refractivity contribution in [2.24, 2.45) is 0 Å². The van der Waals surface area contributed by atoms with E-state index in [1.54, 1.807) is 14.2 Å². The summed E-state index contributed by atoms with van der Waals surface area (Å²) < 4.78 is 11.3. The van der Waals surface area contributed by atoms with E-state index in [2.05, 4.69) is 34.9 Å². The van der Waals surface area contributed by atoms with Gasteiger partial charge in [0.1, 0.15) is 11.6 Å². The Morgan fingerprint density at radius 2 is 2.03 bits per heavy atom. The third-order valence-corrected chi connectivity index (χ3v) is 6.61. The van der Waals surface area contributed by atoms with Crippen molar-refractivity contribution >= 4 is 22.7 Å². The molecule has 1 fully saturated rings. The smallest absolute Gasteiger partial charge is 0.309 e. The fourth-order valence-electron chi connectivity index (χ4n) is 4.59. The van der Waals surface area contributed by atoms with Crippen LogP contribution in [-0.4, -0.2) is 81.2 Å². The van der Waals surface area contributed by atoms with Crippen molar-refractivity contribution in [2.45, 2.75) is 19.4 Å². The molecule has 1 amide bonds. The Bertz CT molecular complexity index is 1230. The molecule has 8 heteroatoms. The summed E-state index contributed by atoms with van der Waals surface area (Å²) in [5.41, 5.74) is 5.05. The molecule has 8 nitrogen and oxygen atoms in total. The second-order valence-corrected chi connectivity index (χ2v) is 8.97. The molecule has 34 heavy (non-hydrogen) atoms. The van der Waals surface area contributed by atoms with E-state index in [1.807, 2.05) is 37.3 Å². The first kappa shape index (κ1) is 23.7. The van der Waals surface area contributed by atoms with E-state index in [9.17, 15) is 10.1 Å². The summed E-state index contributed by atoms with van der Waals surface area (Å²) in [5, 5.41) is 10.1. The highest BCUT2D eigenvalue weighted by molar-refractivity contribution is 6.04. The standard InChI is InChI=1S/C26H31N5O3/c1-17-20(15-27)22-24(34-25(28-22)26(32)30(4)13-14-33-5)23(21(17)18-9-7-6-8-10-18)31-12-11-19(16-31)29(2)3/h6-10,19H,11-14,16H2,1-5H3. The Balaban J connectivity index is 1.94. The van der Waals surface area contributed by atoms with Gasteiger partial charge in [-0.05, 0) is 38.6 Å². The van der Waals surface area contributed by atoms with Crippen LogP contribution in [0, 0.1) is 18.3 Å². The number of hydrogen-bond donors (Lipinski definition) is 0. The molecule has 1 saturated heterocycles. The number of amides is 1. The molecule has 0 bridgehead atoms. The van der Waals surface area contributed by atoms with Crippen molar-refractivity contribution in [3.8, 4) is 17.2 Å². The Hall–Kier alpha value is -3.41. The van der Waals surface area contributed by atoms with E-state index < -0.39 is 0 Å². The lowest BCUT2D eigenvalue weighted by molar-refractivity contribution is 0.0708. The van der Waals surface area contributed by atoms with Gasteiger partial charge in [0, 0.05) is 45.4 Å². The maximum absolute atomic E-state index is 13.0. The van der Waals surface area contributed by atoms with Gasteiger partial charge in [0.15, 0.2) is 5.58 Å². The van der Waals surface area contributed by atoms with Gasteiger partial charge in [0.2, 0.25) is 0 Å². The molecule has 178 valence electrons. The molecule has 2 heterocycles. The predicted molar refractivity (Wildman–Crippen MR) is 132 cm³/mol. The molecule has 1 unspecified atom stereocenters. The second kappa shape index (κ2) is 9.84. The number of oxazole rings is 1. The van der Waals surface area contributed by atoms with Crippen molar-refractivity contribution in [3.63, 3.8) is 0 Å². The molecule has 3 aromatic rings. The highest BCUT2D eigenvalue weighted by Crippen LogP contribution is 2.44. The van der Waals surface area contributed by atoms with E-state index in [0.717, 1.165) is 41.9 Å². The summed E-state index contributed by atoms with van der Waals surface area (Å²) in [6, 6.07) is 12.7. The van der Waals surface area contributed by atoms with Gasteiger partial charge < -0.3 is 23.9 Å². The number of anilines is 1. The monoisotopic (exact) mass is 461 g/mol. The Morgan fingerprint density at radius 3 is 2.65 bits per heavy atom. The summed E-state index contributed by atoms with van der Waals surface area (Å²) in [4.78, 5) is 23.6. The number of benzene rings is 2. The molecule has 1 atom stereocenters. The molecular formula is C26H31N5O3. The number of rotatable bonds is 7. The lowest BCUT2D eigenvalue weighted by Gasteiger charge is -2.25. The summed E-state index contributed by atoms with van der Waals surface area (Å²) in [5.74, 6) is -0.353. The summed E-state index contributed by atoms with van der Waals surface area (Å²) in [6.07, 6.45) is 1.02. The minimum atomic E-state index is -0.338. The topological polar surface area (TPSA) is 85.8 Å². The highest BCUT2D eigenvalue weighted by atomic mass is 16.5. The molecule has 2 aromatic carbocycles. The van der Waals surface area contributed by atoms with Crippen molar-refractivity contribution in [3.05, 3.63) is 47.3 Å². The highest BCUT2D eigenvalue weighted by Gasteiger charge is 2.32. The number of nitriles is 1. The minimum absolute atomic E-state index is 0.0145. The van der Waals surface area contributed by atoms with Crippen molar-refractivity contribution in [1.82, 2.24) is 14.8 Å². The molecule has 0 radical (unpaired) electrons. The van der Waals surface area contributed by atoms with Crippen molar-refractivity contribution in [1.29, 1.82) is 5.26 Å². The van der Waals surface area contributed by atoms with Crippen LogP contribution >= 0.6 is 0 Å². The SMILES string of the molecule is COCCN(C)C(=O)c1nc2c(C#N)c(C)c(-c3ccccc3)c(N3CCC(N(C)C)C3)c2o1. The van der Waals surface area contributed by atoms with Gasteiger partial charge in [0.25, 0.3) is 5.89 Å². The molecule has 1 aliphatic rings. The van der Waals surface area contributed by atoms with Gasteiger partial charge in [-0.25, -0.2) is 4.98 Å². The quantitative estimate of drug-likeness (QED) is 0.532. The first-order chi connectivity index (χ1) is 16.4. The van der Waals surface area contributed by atoms with Gasteiger partial charge in [-0.2, -0.15) is 5.26 Å². The van der Waals surface area contributed by atoms with E-state index in [0.29, 0.717) is 35.9 Å². The fraction of sp³-hybridized carbons (Fsp3) is 0.423. The van der Waals surface area contributed by atoms with Crippen LogP contribution in [0.15, 0.2) is 34.7 Å². The van der Waals surface area contributed by atoms with Crippen molar-refractivity contribution in [2.75, 3.05) is 59.4 Å². The zero-order valence-electron chi connectivity index (χ0n) is 20.5. The summed E-state index contributed by atoms with van der Waals surface area (Å²) >= 11 is 0. The molecule has 1 aliphatic heterocycles. The number of nitrogens with zero attached hydrogens (tertiary/aromatic N) is 5. The number of aromatic nitrogens is 1. The first-order valence-corrected chi connectivity index (χ1v) is 11.5. The Kier molecular flexibility index (Phi) is 6.87. The molecule has 1 aromatic heterocycles. The van der Waals surface area contributed by atoms with E-state index >= 15 is 0 Å². The largest absolute Gasteiger partial charge is 0.430 e. The number of carbonyl (C=O) groups is 1. The number of methoxy groups -OCH3 is 1. The van der Waals surface area contributed by atoms with E-state index in [4.69, 9.17) is 9.15 Å². The lowest BCUT2D eigenvalue weighted by atomic mass is 9.93.